The molecule has 0 aromatic heterocycles. The average Bonchev–Trinajstić information content (AvgIpc) is 3.37. The number of nitrogens with zero attached hydrogens (tertiary/aromatic N) is 1. The molecule has 24 heavy (non-hydrogen) atoms. The van der Waals surface area contributed by atoms with Crippen LogP contribution in [-0.2, 0) is 10.2 Å². The number of nitrogens with one attached hydrogen (secondary N) is 3. The van der Waals surface area contributed by atoms with Gasteiger partial charge in [0.1, 0.15) is 5.82 Å². The Bertz CT molecular complexity index is 584. The molecule has 0 radical (unpaired) electrons. The van der Waals surface area contributed by atoms with Crippen LogP contribution in [0.3, 0.4) is 0 Å². The highest BCUT2D eigenvalue weighted by Gasteiger charge is 2.45. The summed E-state index contributed by atoms with van der Waals surface area (Å²) in [5.74, 6) is 0.526. The summed E-state index contributed by atoms with van der Waals surface area (Å²) in [4.78, 5) is 15.7. The molecule has 1 saturated carbocycles. The van der Waals surface area contributed by atoms with Crippen LogP contribution in [0.5, 0.6) is 0 Å². The van der Waals surface area contributed by atoms with Crippen LogP contribution in [0.4, 0.5) is 4.39 Å². The SMILES string of the molecule is CCCNC(=O)CCNC(=NC)NCC1(c2ccccc2F)CC1. The Kier molecular flexibility index (Phi) is 6.58. The van der Waals surface area contributed by atoms with Crippen molar-refractivity contribution in [3.8, 4) is 0 Å². The highest BCUT2D eigenvalue weighted by Crippen LogP contribution is 2.48. The molecule has 1 aromatic rings. The van der Waals surface area contributed by atoms with Gasteiger partial charge < -0.3 is 16.0 Å². The molecule has 1 aliphatic rings. The lowest BCUT2D eigenvalue weighted by Gasteiger charge is -2.19. The number of aliphatic imine (C=N–C) groups is 1. The first-order valence-electron chi connectivity index (χ1n) is 8.57. The molecule has 5 nitrogen and oxygen atoms in total. The van der Waals surface area contributed by atoms with Crippen LogP contribution in [0.15, 0.2) is 29.3 Å². The number of carbonyl (C=O) groups excluding carboxylic acids is 1. The third-order valence-electron chi connectivity index (χ3n) is 4.33. The van der Waals surface area contributed by atoms with E-state index in [0.717, 1.165) is 24.8 Å². The largest absolute Gasteiger partial charge is 0.356 e. The van der Waals surface area contributed by atoms with Crippen molar-refractivity contribution >= 4 is 11.9 Å². The Hall–Kier alpha value is -2.11. The Labute approximate surface area is 143 Å². The summed E-state index contributed by atoms with van der Waals surface area (Å²) >= 11 is 0. The molecule has 0 unspecified atom stereocenters. The number of hydrogen-bond acceptors (Lipinski definition) is 2. The monoisotopic (exact) mass is 334 g/mol. The molecule has 0 saturated heterocycles. The zero-order chi connectivity index (χ0) is 17.4. The minimum Gasteiger partial charge on any atom is -0.356 e. The number of benzene rings is 1. The van der Waals surface area contributed by atoms with Gasteiger partial charge in [0.2, 0.25) is 5.91 Å². The van der Waals surface area contributed by atoms with Crippen LogP contribution in [0.1, 0.15) is 38.2 Å². The molecule has 1 amide bonds. The molecule has 6 heteroatoms. The van der Waals surface area contributed by atoms with Crippen molar-refractivity contribution in [2.45, 2.75) is 38.0 Å². The van der Waals surface area contributed by atoms with E-state index in [0.29, 0.717) is 32.0 Å². The van der Waals surface area contributed by atoms with E-state index in [9.17, 15) is 9.18 Å². The van der Waals surface area contributed by atoms with Gasteiger partial charge >= 0.3 is 0 Å². The Morgan fingerprint density at radius 1 is 1.21 bits per heavy atom. The quantitative estimate of drug-likeness (QED) is 0.503. The number of halogens is 1. The predicted octanol–water partition coefficient (Wildman–Crippen LogP) is 1.94. The average molecular weight is 334 g/mol. The smallest absolute Gasteiger partial charge is 0.221 e. The molecule has 0 spiro atoms. The maximum Gasteiger partial charge on any atom is 0.221 e. The topological polar surface area (TPSA) is 65.5 Å². The van der Waals surface area contributed by atoms with E-state index in [1.807, 2.05) is 19.1 Å². The van der Waals surface area contributed by atoms with Crippen molar-refractivity contribution in [1.82, 2.24) is 16.0 Å². The number of carbonyl (C=O) groups is 1. The van der Waals surface area contributed by atoms with Gasteiger partial charge in [-0.1, -0.05) is 25.1 Å². The normalized spacial score (nSPS) is 15.7. The molecule has 1 aliphatic carbocycles. The van der Waals surface area contributed by atoms with Crippen LogP contribution < -0.4 is 16.0 Å². The summed E-state index contributed by atoms with van der Waals surface area (Å²) in [6.45, 7) is 3.88. The second-order valence-corrected chi connectivity index (χ2v) is 6.21. The summed E-state index contributed by atoms with van der Waals surface area (Å²) < 4.78 is 14.0. The van der Waals surface area contributed by atoms with Gasteiger partial charge in [-0.2, -0.15) is 0 Å². The van der Waals surface area contributed by atoms with Crippen LogP contribution in [0, 0.1) is 5.82 Å². The van der Waals surface area contributed by atoms with E-state index in [4.69, 9.17) is 0 Å². The molecule has 0 heterocycles. The summed E-state index contributed by atoms with van der Waals surface area (Å²) in [5.41, 5.74) is 0.633. The van der Waals surface area contributed by atoms with Crippen molar-refractivity contribution in [3.05, 3.63) is 35.6 Å². The third kappa shape index (κ3) is 4.94. The molecule has 0 bridgehead atoms. The summed E-state index contributed by atoms with van der Waals surface area (Å²) in [5, 5.41) is 9.22. The Morgan fingerprint density at radius 2 is 1.96 bits per heavy atom. The van der Waals surface area contributed by atoms with E-state index >= 15 is 0 Å². The molecular weight excluding hydrogens is 307 g/mol. The van der Waals surface area contributed by atoms with Gasteiger partial charge in [0.05, 0.1) is 0 Å². The van der Waals surface area contributed by atoms with Crippen molar-refractivity contribution in [3.63, 3.8) is 0 Å². The van der Waals surface area contributed by atoms with Crippen molar-refractivity contribution < 1.29 is 9.18 Å². The molecule has 0 aliphatic heterocycles. The van der Waals surface area contributed by atoms with E-state index < -0.39 is 0 Å². The molecule has 132 valence electrons. The van der Waals surface area contributed by atoms with E-state index in [1.54, 1.807) is 13.1 Å². The van der Waals surface area contributed by atoms with Gasteiger partial charge in [0.15, 0.2) is 5.96 Å². The zero-order valence-corrected chi connectivity index (χ0v) is 14.5. The lowest BCUT2D eigenvalue weighted by atomic mass is 9.95. The molecule has 0 atom stereocenters. The van der Waals surface area contributed by atoms with Gasteiger partial charge in [-0.05, 0) is 30.9 Å². The fourth-order valence-electron chi connectivity index (χ4n) is 2.70. The van der Waals surface area contributed by atoms with Crippen molar-refractivity contribution in [2.24, 2.45) is 4.99 Å². The highest BCUT2D eigenvalue weighted by molar-refractivity contribution is 5.81. The molecule has 3 N–H and O–H groups in total. The van der Waals surface area contributed by atoms with Gasteiger partial charge in [0, 0.05) is 38.5 Å². The van der Waals surface area contributed by atoms with Gasteiger partial charge in [0.25, 0.3) is 0 Å². The Morgan fingerprint density at radius 3 is 2.58 bits per heavy atom. The fraction of sp³-hybridized carbons (Fsp3) is 0.556. The van der Waals surface area contributed by atoms with E-state index in [-0.39, 0.29) is 17.1 Å². The van der Waals surface area contributed by atoms with Gasteiger partial charge in [-0.3, -0.25) is 9.79 Å². The number of rotatable bonds is 8. The van der Waals surface area contributed by atoms with E-state index in [1.165, 1.54) is 6.07 Å². The summed E-state index contributed by atoms with van der Waals surface area (Å²) in [6.07, 6.45) is 3.27. The maximum atomic E-state index is 14.0. The zero-order valence-electron chi connectivity index (χ0n) is 14.5. The van der Waals surface area contributed by atoms with Crippen molar-refractivity contribution in [2.75, 3.05) is 26.7 Å². The predicted molar refractivity (Wildman–Crippen MR) is 94.6 cm³/mol. The molecular formula is C18H27FN4O. The summed E-state index contributed by atoms with van der Waals surface area (Å²) in [7, 11) is 1.69. The van der Waals surface area contributed by atoms with Gasteiger partial charge in [-0.25, -0.2) is 4.39 Å². The van der Waals surface area contributed by atoms with Gasteiger partial charge in [-0.15, -0.1) is 0 Å². The molecule has 1 aromatic carbocycles. The number of guanidine groups is 1. The lowest BCUT2D eigenvalue weighted by Crippen LogP contribution is -2.42. The second-order valence-electron chi connectivity index (χ2n) is 6.21. The maximum absolute atomic E-state index is 14.0. The second kappa shape index (κ2) is 8.66. The van der Waals surface area contributed by atoms with Crippen LogP contribution in [0.25, 0.3) is 0 Å². The summed E-state index contributed by atoms with van der Waals surface area (Å²) in [6, 6.07) is 6.96. The third-order valence-corrected chi connectivity index (χ3v) is 4.33. The van der Waals surface area contributed by atoms with Crippen LogP contribution in [0.2, 0.25) is 0 Å². The molecule has 1 fully saturated rings. The standard InChI is InChI=1S/C18H27FN4O/c1-3-11-21-16(24)8-12-22-17(20-2)23-13-18(9-10-18)14-6-4-5-7-15(14)19/h4-7H,3,8-13H2,1-2H3,(H,21,24)(H2,20,22,23). The number of amides is 1. The first kappa shape index (κ1) is 18.2. The van der Waals surface area contributed by atoms with Crippen LogP contribution in [-0.4, -0.2) is 38.5 Å². The first-order chi connectivity index (χ1) is 11.6. The minimum absolute atomic E-state index is 0.0322. The first-order valence-corrected chi connectivity index (χ1v) is 8.57. The lowest BCUT2D eigenvalue weighted by molar-refractivity contribution is -0.120. The Balaban J connectivity index is 1.78. The minimum atomic E-state index is -0.146. The number of hydrogen-bond donors (Lipinski definition) is 3. The van der Waals surface area contributed by atoms with Crippen LogP contribution >= 0.6 is 0 Å². The van der Waals surface area contributed by atoms with Crippen molar-refractivity contribution in [1.29, 1.82) is 0 Å². The molecule has 2 rings (SSSR count). The highest BCUT2D eigenvalue weighted by atomic mass is 19.1. The van der Waals surface area contributed by atoms with E-state index in [2.05, 4.69) is 20.9 Å². The fourth-order valence-corrected chi connectivity index (χ4v) is 2.70.